The largest absolute Gasteiger partial charge is 0.244 e. The van der Waals surface area contributed by atoms with Crippen LogP contribution in [-0.2, 0) is 0 Å². The van der Waals surface area contributed by atoms with Gasteiger partial charge in [-0.05, 0) is 41.8 Å². The van der Waals surface area contributed by atoms with Crippen molar-refractivity contribution < 1.29 is 0 Å². The number of hydrogen-bond acceptors (Lipinski definition) is 2. The Labute approximate surface area is 109 Å². The monoisotopic (exact) mass is 293 g/mol. The van der Waals surface area contributed by atoms with Crippen molar-refractivity contribution in [1.82, 2.24) is 14.8 Å². The summed E-state index contributed by atoms with van der Waals surface area (Å²) in [5.74, 6) is 0. The Morgan fingerprint density at radius 1 is 1.29 bits per heavy atom. The molecule has 3 rings (SSSR count). The Kier molecular flexibility index (Phi) is 2.90. The van der Waals surface area contributed by atoms with Crippen molar-refractivity contribution in [2.45, 2.75) is 45.1 Å². The summed E-state index contributed by atoms with van der Waals surface area (Å²) in [7, 11) is 0. The molecule has 17 heavy (non-hydrogen) atoms. The molecule has 0 atom stereocenters. The van der Waals surface area contributed by atoms with Crippen LogP contribution in [0.15, 0.2) is 16.7 Å². The summed E-state index contributed by atoms with van der Waals surface area (Å²) in [5.41, 5.74) is 2.12. The topological polar surface area (TPSA) is 30.7 Å². The van der Waals surface area contributed by atoms with Crippen LogP contribution in [0.4, 0.5) is 0 Å². The van der Waals surface area contributed by atoms with Crippen molar-refractivity contribution in [1.29, 1.82) is 0 Å². The Morgan fingerprint density at radius 2 is 2.06 bits per heavy atom. The van der Waals surface area contributed by atoms with Gasteiger partial charge in [0.2, 0.25) is 0 Å². The predicted octanol–water partition coefficient (Wildman–Crippen LogP) is 4.01. The van der Waals surface area contributed by atoms with Gasteiger partial charge < -0.3 is 0 Å². The zero-order chi connectivity index (χ0) is 11.8. The second-order valence-corrected chi connectivity index (χ2v) is 5.76. The summed E-state index contributed by atoms with van der Waals surface area (Å²) in [4.78, 5) is 4.53. The molecule has 0 aliphatic heterocycles. The van der Waals surface area contributed by atoms with Gasteiger partial charge in [-0.15, -0.1) is 0 Å². The number of fused-ring (bicyclic) bond motifs is 1. The fourth-order valence-electron chi connectivity index (χ4n) is 2.72. The molecule has 1 fully saturated rings. The van der Waals surface area contributed by atoms with E-state index in [-0.39, 0.29) is 0 Å². The van der Waals surface area contributed by atoms with E-state index in [1.807, 2.05) is 6.20 Å². The fraction of sp³-hybridized carbons (Fsp3) is 0.538. The lowest BCUT2D eigenvalue weighted by Crippen LogP contribution is -2.14. The van der Waals surface area contributed by atoms with Gasteiger partial charge in [-0.1, -0.05) is 19.3 Å². The number of rotatable bonds is 1. The molecule has 0 spiro atoms. The number of aromatic nitrogens is 3. The second kappa shape index (κ2) is 4.41. The quantitative estimate of drug-likeness (QED) is 0.795. The minimum atomic E-state index is 0.550. The zero-order valence-electron chi connectivity index (χ0n) is 9.99. The molecule has 0 bridgehead atoms. The molecule has 0 aromatic carbocycles. The Hall–Kier alpha value is -0.900. The molecule has 90 valence electrons. The smallest absolute Gasteiger partial charge is 0.158 e. The number of hydrogen-bond donors (Lipinski definition) is 0. The highest BCUT2D eigenvalue weighted by Gasteiger charge is 2.19. The first-order valence-corrected chi connectivity index (χ1v) is 7.05. The molecular formula is C13H16BrN3. The summed E-state index contributed by atoms with van der Waals surface area (Å²) >= 11 is 3.47. The normalized spacial score (nSPS) is 17.8. The molecule has 4 heteroatoms. The van der Waals surface area contributed by atoms with Crippen LogP contribution in [0.3, 0.4) is 0 Å². The van der Waals surface area contributed by atoms with Crippen molar-refractivity contribution >= 4 is 27.0 Å². The van der Waals surface area contributed by atoms with Gasteiger partial charge in [0.15, 0.2) is 5.65 Å². The van der Waals surface area contributed by atoms with Crippen LogP contribution in [0.25, 0.3) is 11.0 Å². The average Bonchev–Trinajstić information content (AvgIpc) is 2.68. The molecule has 0 amide bonds. The van der Waals surface area contributed by atoms with E-state index in [4.69, 9.17) is 0 Å². The standard InChI is InChI=1S/C13H16BrN3/c1-9-12-7-10(14)8-15-13(12)17(16-9)11-5-3-2-4-6-11/h7-8,11H,2-6H2,1H3. The maximum Gasteiger partial charge on any atom is 0.158 e. The van der Waals surface area contributed by atoms with Gasteiger partial charge in [-0.3, -0.25) is 0 Å². The molecule has 0 unspecified atom stereocenters. The second-order valence-electron chi connectivity index (χ2n) is 4.85. The SMILES string of the molecule is Cc1nn(C2CCCCC2)c2ncc(Br)cc12. The summed E-state index contributed by atoms with van der Waals surface area (Å²) in [6, 6.07) is 2.66. The molecule has 2 aromatic rings. The van der Waals surface area contributed by atoms with Gasteiger partial charge in [0.05, 0.1) is 11.7 Å². The third kappa shape index (κ3) is 1.99. The van der Waals surface area contributed by atoms with E-state index in [0.717, 1.165) is 15.8 Å². The maximum atomic E-state index is 4.69. The summed E-state index contributed by atoms with van der Waals surface area (Å²) in [6.45, 7) is 2.07. The van der Waals surface area contributed by atoms with Crippen LogP contribution in [0, 0.1) is 6.92 Å². The van der Waals surface area contributed by atoms with Gasteiger partial charge in [0.25, 0.3) is 0 Å². The zero-order valence-corrected chi connectivity index (χ0v) is 11.6. The Morgan fingerprint density at radius 3 is 2.82 bits per heavy atom. The molecule has 2 heterocycles. The van der Waals surface area contributed by atoms with Gasteiger partial charge in [-0.2, -0.15) is 5.10 Å². The van der Waals surface area contributed by atoms with E-state index in [0.29, 0.717) is 6.04 Å². The van der Waals surface area contributed by atoms with Crippen molar-refractivity contribution in [3.8, 4) is 0 Å². The summed E-state index contributed by atoms with van der Waals surface area (Å²) in [5, 5.41) is 5.86. The lowest BCUT2D eigenvalue weighted by molar-refractivity contribution is 0.335. The lowest BCUT2D eigenvalue weighted by Gasteiger charge is -2.22. The summed E-state index contributed by atoms with van der Waals surface area (Å²) < 4.78 is 3.17. The highest BCUT2D eigenvalue weighted by atomic mass is 79.9. The molecule has 0 N–H and O–H groups in total. The number of aryl methyl sites for hydroxylation is 1. The third-order valence-electron chi connectivity index (χ3n) is 3.62. The highest BCUT2D eigenvalue weighted by Crippen LogP contribution is 2.31. The van der Waals surface area contributed by atoms with E-state index in [9.17, 15) is 0 Å². The maximum absolute atomic E-state index is 4.69. The Balaban J connectivity index is 2.10. The molecule has 0 saturated heterocycles. The van der Waals surface area contributed by atoms with Crippen molar-refractivity contribution in [3.63, 3.8) is 0 Å². The number of halogens is 1. The van der Waals surface area contributed by atoms with Gasteiger partial charge in [-0.25, -0.2) is 9.67 Å². The van der Waals surface area contributed by atoms with Gasteiger partial charge in [0, 0.05) is 16.1 Å². The lowest BCUT2D eigenvalue weighted by atomic mass is 9.96. The minimum Gasteiger partial charge on any atom is -0.244 e. The number of nitrogens with zero attached hydrogens (tertiary/aromatic N) is 3. The highest BCUT2D eigenvalue weighted by molar-refractivity contribution is 9.10. The first-order valence-electron chi connectivity index (χ1n) is 6.26. The van der Waals surface area contributed by atoms with Crippen LogP contribution in [0.5, 0.6) is 0 Å². The van der Waals surface area contributed by atoms with Crippen LogP contribution < -0.4 is 0 Å². The third-order valence-corrected chi connectivity index (χ3v) is 4.05. The van der Waals surface area contributed by atoms with Crippen LogP contribution in [0.1, 0.15) is 43.8 Å². The summed E-state index contributed by atoms with van der Waals surface area (Å²) in [6.07, 6.45) is 8.36. The molecule has 1 aliphatic rings. The van der Waals surface area contributed by atoms with E-state index in [1.165, 1.54) is 37.5 Å². The van der Waals surface area contributed by atoms with Crippen LogP contribution >= 0.6 is 15.9 Å². The van der Waals surface area contributed by atoms with Crippen LogP contribution in [0.2, 0.25) is 0 Å². The van der Waals surface area contributed by atoms with Gasteiger partial charge in [0.1, 0.15) is 0 Å². The van der Waals surface area contributed by atoms with Crippen LogP contribution in [-0.4, -0.2) is 14.8 Å². The fourth-order valence-corrected chi connectivity index (χ4v) is 3.06. The average molecular weight is 294 g/mol. The van der Waals surface area contributed by atoms with E-state index < -0.39 is 0 Å². The molecule has 1 aliphatic carbocycles. The molecule has 2 aromatic heterocycles. The first kappa shape index (κ1) is 11.2. The first-order chi connectivity index (χ1) is 8.25. The predicted molar refractivity (Wildman–Crippen MR) is 72.1 cm³/mol. The minimum absolute atomic E-state index is 0.550. The van der Waals surface area contributed by atoms with Crippen molar-refractivity contribution in [2.24, 2.45) is 0 Å². The molecular weight excluding hydrogens is 278 g/mol. The van der Waals surface area contributed by atoms with E-state index in [1.54, 1.807) is 0 Å². The molecule has 0 radical (unpaired) electrons. The van der Waals surface area contributed by atoms with Gasteiger partial charge >= 0.3 is 0 Å². The number of pyridine rings is 1. The molecule has 1 saturated carbocycles. The molecule has 3 nitrogen and oxygen atoms in total. The van der Waals surface area contributed by atoms with Crippen molar-refractivity contribution in [3.05, 3.63) is 22.4 Å². The van der Waals surface area contributed by atoms with E-state index >= 15 is 0 Å². The Bertz CT molecular complexity index is 541. The van der Waals surface area contributed by atoms with Crippen molar-refractivity contribution in [2.75, 3.05) is 0 Å². The van der Waals surface area contributed by atoms with E-state index in [2.05, 4.69) is 43.7 Å².